The van der Waals surface area contributed by atoms with E-state index in [1.807, 2.05) is 12.1 Å². The molecule has 0 saturated carbocycles. The fourth-order valence-electron chi connectivity index (χ4n) is 1.95. The lowest BCUT2D eigenvalue weighted by Crippen LogP contribution is -2.14. The van der Waals surface area contributed by atoms with Crippen molar-refractivity contribution in [1.29, 1.82) is 0 Å². The van der Waals surface area contributed by atoms with Crippen LogP contribution in [-0.4, -0.2) is 7.05 Å². The van der Waals surface area contributed by atoms with Crippen LogP contribution in [0.25, 0.3) is 5.70 Å². The number of hydrogen-bond donors (Lipinski definition) is 0. The largest absolute Gasteiger partial charge is 0.344 e. The van der Waals surface area contributed by atoms with Gasteiger partial charge in [-0.3, -0.25) is 0 Å². The fourth-order valence-corrected chi connectivity index (χ4v) is 1.95. The van der Waals surface area contributed by atoms with Gasteiger partial charge in [0.25, 0.3) is 0 Å². The first-order valence-corrected chi connectivity index (χ1v) is 5.83. The Hall–Kier alpha value is -2.02. The van der Waals surface area contributed by atoms with Crippen LogP contribution in [0.2, 0.25) is 0 Å². The van der Waals surface area contributed by atoms with Crippen LogP contribution < -0.4 is 4.90 Å². The van der Waals surface area contributed by atoms with E-state index >= 15 is 0 Å². The summed E-state index contributed by atoms with van der Waals surface area (Å²) in [6.45, 7) is 2.07. The highest BCUT2D eigenvalue weighted by Gasteiger charge is 2.07. The Bertz CT molecular complexity index is 485. The third-order valence-corrected chi connectivity index (χ3v) is 2.85. The van der Waals surface area contributed by atoms with E-state index in [2.05, 4.69) is 73.5 Å². The summed E-state index contributed by atoms with van der Waals surface area (Å²) < 4.78 is 0. The third kappa shape index (κ3) is 2.56. The molecule has 0 N–H and O–H groups in total. The van der Waals surface area contributed by atoms with Gasteiger partial charge < -0.3 is 4.90 Å². The van der Waals surface area contributed by atoms with Crippen molar-refractivity contribution in [1.82, 2.24) is 0 Å². The molecule has 0 fully saturated rings. The van der Waals surface area contributed by atoms with Crippen LogP contribution in [0, 0.1) is 0 Å². The molecule has 0 aliphatic carbocycles. The summed E-state index contributed by atoms with van der Waals surface area (Å²) in [4.78, 5) is 2.20. The lowest BCUT2D eigenvalue weighted by Gasteiger charge is -2.23. The molecule has 1 nitrogen and oxygen atoms in total. The molecule has 0 heterocycles. The number of hydrogen-bond acceptors (Lipinski definition) is 1. The van der Waals surface area contributed by atoms with E-state index in [1.54, 1.807) is 0 Å². The van der Waals surface area contributed by atoms with Crippen molar-refractivity contribution >= 4 is 11.4 Å². The van der Waals surface area contributed by atoms with E-state index < -0.39 is 0 Å². The van der Waals surface area contributed by atoms with Crippen molar-refractivity contribution in [3.05, 3.63) is 72.3 Å². The van der Waals surface area contributed by atoms with E-state index in [9.17, 15) is 0 Å². The summed E-state index contributed by atoms with van der Waals surface area (Å²) in [6, 6.07) is 20.8. The number of benzene rings is 2. The number of nitrogens with zero attached hydrogens (tertiary/aromatic N) is 1. The molecule has 17 heavy (non-hydrogen) atoms. The minimum Gasteiger partial charge on any atom is -0.344 e. The number of anilines is 1. The predicted octanol–water partition coefficient (Wildman–Crippen LogP) is 4.18. The van der Waals surface area contributed by atoms with Gasteiger partial charge >= 0.3 is 0 Å². The number of allylic oxidation sites excluding steroid dienone is 1. The molecular formula is C16H17N. The maximum Gasteiger partial charge on any atom is 0.0438 e. The molecule has 0 aliphatic rings. The summed E-state index contributed by atoms with van der Waals surface area (Å²) in [6.07, 6.45) is 2.14. The normalized spacial score (nSPS) is 11.3. The van der Waals surface area contributed by atoms with Crippen LogP contribution in [0.5, 0.6) is 0 Å². The molecule has 1 heteroatoms. The number of para-hydroxylation sites is 1. The molecule has 0 aromatic heterocycles. The van der Waals surface area contributed by atoms with Gasteiger partial charge in [0.1, 0.15) is 0 Å². The molecule has 2 aromatic rings. The molecule has 0 bridgehead atoms. The highest BCUT2D eigenvalue weighted by atomic mass is 15.1. The van der Waals surface area contributed by atoms with E-state index in [-0.39, 0.29) is 0 Å². The van der Waals surface area contributed by atoms with Crippen molar-refractivity contribution < 1.29 is 0 Å². The van der Waals surface area contributed by atoms with E-state index in [1.165, 1.54) is 16.9 Å². The minimum atomic E-state index is 1.20. The first-order chi connectivity index (χ1) is 8.33. The lowest BCUT2D eigenvalue weighted by molar-refractivity contribution is 1.21. The molecule has 2 aromatic carbocycles. The highest BCUT2D eigenvalue weighted by molar-refractivity contribution is 5.78. The Labute approximate surface area is 103 Å². The monoisotopic (exact) mass is 223 g/mol. The van der Waals surface area contributed by atoms with Crippen LogP contribution >= 0.6 is 0 Å². The molecule has 0 saturated heterocycles. The minimum absolute atomic E-state index is 1.20. The summed E-state index contributed by atoms with van der Waals surface area (Å²) in [5.74, 6) is 0. The molecule has 86 valence electrons. The smallest absolute Gasteiger partial charge is 0.0438 e. The van der Waals surface area contributed by atoms with Gasteiger partial charge in [-0.25, -0.2) is 0 Å². The standard InChI is InChI=1S/C16H17N/c1-3-16(14-10-6-4-7-11-14)17(2)15-12-8-5-9-13-15/h3-13H,1-2H3. The molecule has 2 rings (SSSR count). The van der Waals surface area contributed by atoms with E-state index in [4.69, 9.17) is 0 Å². The van der Waals surface area contributed by atoms with Crippen LogP contribution in [0.1, 0.15) is 12.5 Å². The Morgan fingerprint density at radius 3 is 1.94 bits per heavy atom. The maximum atomic E-state index is 2.20. The maximum absolute atomic E-state index is 2.20. The van der Waals surface area contributed by atoms with Crippen molar-refractivity contribution in [3.63, 3.8) is 0 Å². The zero-order valence-corrected chi connectivity index (χ0v) is 10.3. The van der Waals surface area contributed by atoms with Gasteiger partial charge in [-0.15, -0.1) is 0 Å². The molecule has 0 spiro atoms. The summed E-state index contributed by atoms with van der Waals surface area (Å²) in [7, 11) is 2.09. The van der Waals surface area contributed by atoms with Crippen molar-refractivity contribution in [2.45, 2.75) is 6.92 Å². The molecular weight excluding hydrogens is 206 g/mol. The first kappa shape index (κ1) is 11.5. The Balaban J connectivity index is 2.33. The summed E-state index contributed by atoms with van der Waals surface area (Å²) in [5, 5.41) is 0. The van der Waals surface area contributed by atoms with Gasteiger partial charge in [0, 0.05) is 18.4 Å². The second-order valence-electron chi connectivity index (χ2n) is 3.93. The second-order valence-corrected chi connectivity index (χ2v) is 3.93. The first-order valence-electron chi connectivity index (χ1n) is 5.83. The SMILES string of the molecule is CC=C(c1ccccc1)N(C)c1ccccc1. The van der Waals surface area contributed by atoms with Crippen LogP contribution in [0.15, 0.2) is 66.7 Å². The average molecular weight is 223 g/mol. The average Bonchev–Trinajstić information content (AvgIpc) is 2.42. The fraction of sp³-hybridized carbons (Fsp3) is 0.125. The van der Waals surface area contributed by atoms with Crippen LogP contribution in [0.3, 0.4) is 0 Å². The molecule has 0 atom stereocenters. The van der Waals surface area contributed by atoms with E-state index in [0.29, 0.717) is 0 Å². The molecule has 0 amide bonds. The van der Waals surface area contributed by atoms with Gasteiger partial charge in [0.2, 0.25) is 0 Å². The Morgan fingerprint density at radius 1 is 0.882 bits per heavy atom. The lowest BCUT2D eigenvalue weighted by atomic mass is 10.1. The van der Waals surface area contributed by atoms with Gasteiger partial charge in [-0.1, -0.05) is 54.6 Å². The van der Waals surface area contributed by atoms with Gasteiger partial charge in [-0.2, -0.15) is 0 Å². The summed E-state index contributed by atoms with van der Waals surface area (Å²) >= 11 is 0. The van der Waals surface area contributed by atoms with Crippen molar-refractivity contribution in [3.8, 4) is 0 Å². The van der Waals surface area contributed by atoms with Crippen LogP contribution in [-0.2, 0) is 0 Å². The van der Waals surface area contributed by atoms with Crippen molar-refractivity contribution in [2.75, 3.05) is 11.9 Å². The molecule has 0 aliphatic heterocycles. The van der Waals surface area contributed by atoms with Gasteiger partial charge in [0.05, 0.1) is 0 Å². The quantitative estimate of drug-likeness (QED) is 0.754. The molecule has 0 radical (unpaired) electrons. The Kier molecular flexibility index (Phi) is 3.61. The van der Waals surface area contributed by atoms with Gasteiger partial charge in [0.15, 0.2) is 0 Å². The summed E-state index contributed by atoms with van der Waals surface area (Å²) in [5.41, 5.74) is 3.66. The predicted molar refractivity (Wildman–Crippen MR) is 74.9 cm³/mol. The number of rotatable bonds is 3. The zero-order chi connectivity index (χ0) is 12.1. The molecule has 0 unspecified atom stereocenters. The third-order valence-electron chi connectivity index (χ3n) is 2.85. The zero-order valence-electron chi connectivity index (χ0n) is 10.3. The topological polar surface area (TPSA) is 3.24 Å². The van der Waals surface area contributed by atoms with Gasteiger partial charge in [-0.05, 0) is 24.6 Å². The second kappa shape index (κ2) is 5.35. The van der Waals surface area contributed by atoms with Crippen LogP contribution in [0.4, 0.5) is 5.69 Å². The highest BCUT2D eigenvalue weighted by Crippen LogP contribution is 2.23. The van der Waals surface area contributed by atoms with E-state index in [0.717, 1.165) is 0 Å². The Morgan fingerprint density at radius 2 is 1.41 bits per heavy atom. The van der Waals surface area contributed by atoms with Crippen molar-refractivity contribution in [2.24, 2.45) is 0 Å².